The maximum absolute atomic E-state index is 6.25. The van der Waals surface area contributed by atoms with E-state index in [1.807, 2.05) is 0 Å². The molecular weight excluding hydrogens is 258 g/mol. The minimum Gasteiger partial charge on any atom is -0.330 e. The Balaban J connectivity index is 3.44. The number of hydrogen-bond donors (Lipinski definition) is 3. The lowest BCUT2D eigenvalue weighted by Crippen LogP contribution is -2.54. The van der Waals surface area contributed by atoms with Gasteiger partial charge in [-0.3, -0.25) is 0 Å². The Morgan fingerprint density at radius 3 is 1.71 bits per heavy atom. The minimum atomic E-state index is -0.505. The first-order valence-corrected chi connectivity index (χ1v) is 9.32. The van der Waals surface area contributed by atoms with Gasteiger partial charge in [-0.1, -0.05) is 78.1 Å². The Hall–Kier alpha value is -0.120. The first-order valence-electron chi connectivity index (χ1n) is 9.32. The molecule has 0 aromatic rings. The summed E-state index contributed by atoms with van der Waals surface area (Å²) in [4.78, 5) is 0. The summed E-state index contributed by atoms with van der Waals surface area (Å²) in [6, 6.07) is 0. The highest BCUT2D eigenvalue weighted by atomic mass is 15.0. The van der Waals surface area contributed by atoms with Crippen LogP contribution in [0.4, 0.5) is 0 Å². The maximum Gasteiger partial charge on any atom is 0.0662 e. The van der Waals surface area contributed by atoms with Gasteiger partial charge in [0.2, 0.25) is 0 Å². The topological polar surface area (TPSA) is 78.1 Å². The summed E-state index contributed by atoms with van der Waals surface area (Å²) < 4.78 is 0. The number of unbranched alkanes of at least 4 members (excludes halogenated alkanes) is 9. The number of rotatable bonds is 15. The van der Waals surface area contributed by atoms with Crippen molar-refractivity contribution in [2.75, 3.05) is 6.54 Å². The van der Waals surface area contributed by atoms with E-state index in [0.29, 0.717) is 5.92 Å². The van der Waals surface area contributed by atoms with E-state index in [-0.39, 0.29) is 0 Å². The predicted molar refractivity (Wildman–Crippen MR) is 95.0 cm³/mol. The SMILES string of the molecule is CCCCCCCCCCCCC(N)(N)C(C)CCCN. The van der Waals surface area contributed by atoms with Crippen LogP contribution < -0.4 is 17.2 Å². The fourth-order valence-corrected chi connectivity index (χ4v) is 2.86. The second-order valence-corrected chi connectivity index (χ2v) is 6.88. The lowest BCUT2D eigenvalue weighted by molar-refractivity contribution is 0.253. The van der Waals surface area contributed by atoms with Crippen molar-refractivity contribution in [1.82, 2.24) is 0 Å². The first-order chi connectivity index (χ1) is 10.0. The molecule has 0 spiro atoms. The fourth-order valence-electron chi connectivity index (χ4n) is 2.86. The molecule has 0 aliphatic rings. The van der Waals surface area contributed by atoms with Gasteiger partial charge in [0.15, 0.2) is 0 Å². The zero-order valence-corrected chi connectivity index (χ0v) is 14.7. The van der Waals surface area contributed by atoms with Crippen LogP contribution in [0.25, 0.3) is 0 Å². The van der Waals surface area contributed by atoms with E-state index in [2.05, 4.69) is 13.8 Å². The van der Waals surface area contributed by atoms with Gasteiger partial charge in [0.1, 0.15) is 0 Å². The summed E-state index contributed by atoms with van der Waals surface area (Å²) in [5.74, 6) is 0.361. The quantitative estimate of drug-likeness (QED) is 0.312. The van der Waals surface area contributed by atoms with Crippen molar-refractivity contribution in [1.29, 1.82) is 0 Å². The van der Waals surface area contributed by atoms with Gasteiger partial charge in [0.25, 0.3) is 0 Å². The van der Waals surface area contributed by atoms with E-state index in [4.69, 9.17) is 17.2 Å². The Labute approximate surface area is 133 Å². The second kappa shape index (κ2) is 13.5. The van der Waals surface area contributed by atoms with Crippen molar-refractivity contribution >= 4 is 0 Å². The lowest BCUT2D eigenvalue weighted by Gasteiger charge is -2.31. The van der Waals surface area contributed by atoms with E-state index in [0.717, 1.165) is 32.2 Å². The summed E-state index contributed by atoms with van der Waals surface area (Å²) in [5.41, 5.74) is 17.5. The molecule has 0 saturated carbocycles. The molecule has 0 aliphatic carbocycles. The van der Waals surface area contributed by atoms with Crippen molar-refractivity contribution in [3.05, 3.63) is 0 Å². The van der Waals surface area contributed by atoms with Crippen LogP contribution in [0.2, 0.25) is 0 Å². The molecule has 21 heavy (non-hydrogen) atoms. The highest BCUT2D eigenvalue weighted by molar-refractivity contribution is 4.82. The zero-order valence-electron chi connectivity index (χ0n) is 14.7. The molecule has 1 atom stereocenters. The molecule has 128 valence electrons. The molecule has 6 N–H and O–H groups in total. The van der Waals surface area contributed by atoms with Gasteiger partial charge in [0.05, 0.1) is 5.66 Å². The van der Waals surface area contributed by atoms with Crippen LogP contribution in [0.1, 0.15) is 97.3 Å². The number of hydrogen-bond acceptors (Lipinski definition) is 3. The largest absolute Gasteiger partial charge is 0.330 e. The summed E-state index contributed by atoms with van der Waals surface area (Å²) in [7, 11) is 0. The van der Waals surface area contributed by atoms with Gasteiger partial charge < -0.3 is 17.2 Å². The van der Waals surface area contributed by atoms with E-state index in [1.54, 1.807) is 0 Å². The highest BCUT2D eigenvalue weighted by Crippen LogP contribution is 2.21. The Morgan fingerprint density at radius 1 is 0.762 bits per heavy atom. The summed E-state index contributed by atoms with van der Waals surface area (Å²) in [6.45, 7) is 5.16. The van der Waals surface area contributed by atoms with Crippen molar-refractivity contribution in [2.45, 2.75) is 103 Å². The molecule has 0 rings (SSSR count). The third-order valence-corrected chi connectivity index (χ3v) is 4.72. The second-order valence-electron chi connectivity index (χ2n) is 6.88. The smallest absolute Gasteiger partial charge is 0.0662 e. The average molecular weight is 300 g/mol. The third kappa shape index (κ3) is 12.1. The zero-order chi connectivity index (χ0) is 16.0. The summed E-state index contributed by atoms with van der Waals surface area (Å²) >= 11 is 0. The van der Waals surface area contributed by atoms with Crippen molar-refractivity contribution < 1.29 is 0 Å². The van der Waals surface area contributed by atoms with Gasteiger partial charge in [-0.15, -0.1) is 0 Å². The molecule has 0 bridgehead atoms. The molecule has 0 saturated heterocycles. The van der Waals surface area contributed by atoms with Gasteiger partial charge in [-0.25, -0.2) is 0 Å². The van der Waals surface area contributed by atoms with Gasteiger partial charge in [0, 0.05) is 0 Å². The van der Waals surface area contributed by atoms with Crippen LogP contribution in [0.3, 0.4) is 0 Å². The van der Waals surface area contributed by atoms with Crippen molar-refractivity contribution in [3.63, 3.8) is 0 Å². The molecule has 0 amide bonds. The van der Waals surface area contributed by atoms with E-state index in [9.17, 15) is 0 Å². The lowest BCUT2D eigenvalue weighted by atomic mass is 9.87. The average Bonchev–Trinajstić information content (AvgIpc) is 2.46. The van der Waals surface area contributed by atoms with E-state index in [1.165, 1.54) is 57.8 Å². The van der Waals surface area contributed by atoms with Crippen molar-refractivity contribution in [3.8, 4) is 0 Å². The molecule has 0 fully saturated rings. The molecule has 0 aromatic heterocycles. The molecule has 0 radical (unpaired) electrons. The summed E-state index contributed by atoms with van der Waals surface area (Å²) in [5, 5.41) is 0. The van der Waals surface area contributed by atoms with E-state index < -0.39 is 5.66 Å². The standard InChI is InChI=1S/C18H41N3/c1-3-4-5-6-7-8-9-10-11-12-15-18(20,21)17(2)14-13-16-19/h17H,3-16,19-21H2,1-2H3. The van der Waals surface area contributed by atoms with Gasteiger partial charge in [-0.05, 0) is 31.7 Å². The monoisotopic (exact) mass is 299 g/mol. The predicted octanol–water partition coefficient (Wildman–Crippen LogP) is 4.29. The molecule has 0 aliphatic heterocycles. The number of nitrogens with two attached hydrogens (primary N) is 3. The van der Waals surface area contributed by atoms with Crippen LogP contribution in [0.15, 0.2) is 0 Å². The Bertz CT molecular complexity index is 217. The molecule has 3 nitrogen and oxygen atoms in total. The Morgan fingerprint density at radius 2 is 1.24 bits per heavy atom. The molecular formula is C18H41N3. The van der Waals surface area contributed by atoms with Crippen LogP contribution in [-0.2, 0) is 0 Å². The third-order valence-electron chi connectivity index (χ3n) is 4.72. The minimum absolute atomic E-state index is 0.361. The molecule has 3 heteroatoms. The van der Waals surface area contributed by atoms with Crippen molar-refractivity contribution in [2.24, 2.45) is 23.1 Å². The van der Waals surface area contributed by atoms with Gasteiger partial charge in [-0.2, -0.15) is 0 Å². The molecule has 0 heterocycles. The first kappa shape index (κ1) is 20.9. The summed E-state index contributed by atoms with van der Waals surface area (Å²) in [6.07, 6.45) is 16.5. The normalized spacial score (nSPS) is 13.6. The van der Waals surface area contributed by atoms with Crippen LogP contribution >= 0.6 is 0 Å². The molecule has 1 unspecified atom stereocenters. The van der Waals surface area contributed by atoms with Crippen LogP contribution in [0, 0.1) is 5.92 Å². The van der Waals surface area contributed by atoms with Crippen LogP contribution in [0.5, 0.6) is 0 Å². The highest BCUT2D eigenvalue weighted by Gasteiger charge is 2.25. The van der Waals surface area contributed by atoms with Crippen LogP contribution in [-0.4, -0.2) is 12.2 Å². The molecule has 0 aromatic carbocycles. The van der Waals surface area contributed by atoms with Gasteiger partial charge >= 0.3 is 0 Å². The fraction of sp³-hybridized carbons (Fsp3) is 1.00. The van der Waals surface area contributed by atoms with E-state index >= 15 is 0 Å². The maximum atomic E-state index is 6.25. The Kier molecular flexibility index (Phi) is 13.5.